The molecule has 0 spiro atoms. The van der Waals surface area contributed by atoms with Crippen molar-refractivity contribution in [3.63, 3.8) is 0 Å². The predicted molar refractivity (Wildman–Crippen MR) is 58.2 cm³/mol. The Labute approximate surface area is 99.9 Å². The van der Waals surface area contributed by atoms with E-state index >= 15 is 0 Å². The zero-order valence-electron chi connectivity index (χ0n) is 8.34. The van der Waals surface area contributed by atoms with Gasteiger partial charge in [0, 0.05) is 12.1 Å². The van der Waals surface area contributed by atoms with Crippen LogP contribution < -0.4 is 5.32 Å². The number of nitrogens with zero attached hydrogens (tertiary/aromatic N) is 3. The van der Waals surface area contributed by atoms with Crippen molar-refractivity contribution >= 4 is 26.7 Å². The Morgan fingerprint density at radius 1 is 1.50 bits per heavy atom. The van der Waals surface area contributed by atoms with Crippen LogP contribution in [0.1, 0.15) is 11.4 Å². The Morgan fingerprint density at radius 3 is 3.06 bits per heavy atom. The summed E-state index contributed by atoms with van der Waals surface area (Å²) in [7, 11) is 0. The minimum absolute atomic E-state index is 0.170. The van der Waals surface area contributed by atoms with Crippen molar-refractivity contribution < 1.29 is 4.79 Å². The SMILES string of the molecule is O=[C]([Al])Nc1cccc(Cc2nn[nH]n2)c1. The molecule has 0 unspecified atom stereocenters. The van der Waals surface area contributed by atoms with Gasteiger partial charge in [-0.25, -0.2) is 0 Å². The third kappa shape index (κ3) is 2.89. The molecule has 1 aromatic heterocycles. The molecule has 6 nitrogen and oxygen atoms in total. The number of hydrogen-bond donors (Lipinski definition) is 2. The highest BCUT2D eigenvalue weighted by molar-refractivity contribution is 6.60. The number of anilines is 1. The van der Waals surface area contributed by atoms with Crippen LogP contribution in [0, 0.1) is 0 Å². The van der Waals surface area contributed by atoms with E-state index < -0.39 is 0 Å². The van der Waals surface area contributed by atoms with Gasteiger partial charge in [-0.15, -0.1) is 10.2 Å². The molecule has 0 saturated heterocycles. The molecular formula is C9H8AlN5O. The van der Waals surface area contributed by atoms with E-state index in [9.17, 15) is 4.79 Å². The Kier molecular flexibility index (Phi) is 3.29. The maximum atomic E-state index is 10.9. The summed E-state index contributed by atoms with van der Waals surface area (Å²) in [6.45, 7) is 0. The van der Waals surface area contributed by atoms with Gasteiger partial charge in [0.1, 0.15) is 4.77 Å². The van der Waals surface area contributed by atoms with Gasteiger partial charge < -0.3 is 10.1 Å². The number of amides is 1. The average Bonchev–Trinajstić information content (AvgIpc) is 2.70. The predicted octanol–water partition coefficient (Wildman–Crippen LogP) is 0.491. The van der Waals surface area contributed by atoms with Crippen molar-refractivity contribution in [3.05, 3.63) is 35.7 Å². The normalized spacial score (nSPS) is 10.0. The van der Waals surface area contributed by atoms with Gasteiger partial charge in [0.05, 0.1) is 0 Å². The zero-order valence-corrected chi connectivity index (χ0v) is 9.50. The fourth-order valence-corrected chi connectivity index (χ4v) is 1.51. The van der Waals surface area contributed by atoms with Crippen LogP contribution in [-0.4, -0.2) is 41.7 Å². The molecule has 78 valence electrons. The van der Waals surface area contributed by atoms with Gasteiger partial charge in [0.2, 0.25) is 0 Å². The molecule has 0 bridgehead atoms. The van der Waals surface area contributed by atoms with Gasteiger partial charge in [-0.1, -0.05) is 17.3 Å². The first kappa shape index (κ1) is 10.8. The standard InChI is InChI=1S/C9H8N5O.Al/c15-6-10-8-3-1-2-7(4-8)5-9-11-13-14-12-9;/h1-4H,5H2,(H,10,15)(H,11,12,13,14);. The van der Waals surface area contributed by atoms with Crippen LogP contribution >= 0.6 is 0 Å². The lowest BCUT2D eigenvalue weighted by atomic mass is 10.1. The molecule has 2 radical (unpaired) electrons. The lowest BCUT2D eigenvalue weighted by molar-refractivity contribution is 0.269. The molecule has 1 heterocycles. The number of H-pyrrole nitrogens is 1. The topological polar surface area (TPSA) is 83.6 Å². The minimum atomic E-state index is -0.170. The number of hydrogen-bond acceptors (Lipinski definition) is 4. The van der Waals surface area contributed by atoms with E-state index in [1.807, 2.05) is 24.3 Å². The van der Waals surface area contributed by atoms with Crippen molar-refractivity contribution in [2.75, 3.05) is 5.32 Å². The zero-order chi connectivity index (χ0) is 11.4. The molecule has 0 saturated carbocycles. The summed E-state index contributed by atoms with van der Waals surface area (Å²) in [5.74, 6) is 0.620. The fourth-order valence-electron chi connectivity index (χ4n) is 1.34. The number of tetrazole rings is 1. The van der Waals surface area contributed by atoms with Crippen molar-refractivity contribution in [1.82, 2.24) is 20.6 Å². The lowest BCUT2D eigenvalue weighted by Crippen LogP contribution is -2.08. The van der Waals surface area contributed by atoms with Crippen LogP contribution in [0.5, 0.6) is 0 Å². The lowest BCUT2D eigenvalue weighted by Gasteiger charge is -2.04. The first-order valence-corrected chi connectivity index (χ1v) is 5.19. The van der Waals surface area contributed by atoms with Crippen molar-refractivity contribution in [2.45, 2.75) is 6.42 Å². The summed E-state index contributed by atoms with van der Waals surface area (Å²) in [5.41, 5.74) is 1.76. The van der Waals surface area contributed by atoms with Gasteiger partial charge in [-0.3, -0.25) is 0 Å². The van der Waals surface area contributed by atoms with Crippen LogP contribution in [0.2, 0.25) is 0 Å². The first-order valence-electron chi connectivity index (χ1n) is 4.62. The third-order valence-corrected chi connectivity index (χ3v) is 2.09. The van der Waals surface area contributed by atoms with Crippen LogP contribution in [0.25, 0.3) is 0 Å². The molecule has 1 aromatic carbocycles. The summed E-state index contributed by atoms with van der Waals surface area (Å²) in [6, 6.07) is 7.50. The number of nitrogens with one attached hydrogen (secondary N) is 2. The molecule has 0 aliphatic heterocycles. The maximum absolute atomic E-state index is 10.9. The van der Waals surface area contributed by atoms with Crippen molar-refractivity contribution in [2.24, 2.45) is 0 Å². The average molecular weight is 229 g/mol. The number of rotatable bonds is 3. The van der Waals surface area contributed by atoms with E-state index in [0.717, 1.165) is 11.3 Å². The highest BCUT2D eigenvalue weighted by Gasteiger charge is 2.02. The van der Waals surface area contributed by atoms with Crippen LogP contribution in [0.4, 0.5) is 10.5 Å². The molecule has 2 rings (SSSR count). The number of aromatic nitrogens is 4. The van der Waals surface area contributed by atoms with Gasteiger partial charge in [-0.05, 0) is 17.7 Å². The van der Waals surface area contributed by atoms with Gasteiger partial charge >= 0.3 is 0 Å². The summed E-state index contributed by atoms with van der Waals surface area (Å²) >= 11 is 2.07. The largest absolute Gasteiger partial charge is 0.345 e. The first-order chi connectivity index (χ1) is 7.74. The van der Waals surface area contributed by atoms with E-state index in [1.165, 1.54) is 0 Å². The van der Waals surface area contributed by atoms with Crippen molar-refractivity contribution in [3.8, 4) is 0 Å². The molecule has 0 atom stereocenters. The van der Waals surface area contributed by atoms with E-state index in [2.05, 4.69) is 42.2 Å². The Hall–Kier alpha value is -1.71. The van der Waals surface area contributed by atoms with E-state index in [1.54, 1.807) is 0 Å². The fraction of sp³-hybridized carbons (Fsp3) is 0.111. The molecule has 16 heavy (non-hydrogen) atoms. The molecule has 1 amide bonds. The van der Waals surface area contributed by atoms with Crippen LogP contribution in [0.3, 0.4) is 0 Å². The molecule has 2 aromatic rings. The summed E-state index contributed by atoms with van der Waals surface area (Å²) < 4.78 is -0.170. The monoisotopic (exact) mass is 229 g/mol. The molecule has 0 aliphatic carbocycles. The maximum Gasteiger partial charge on any atom is 0.281 e. The summed E-state index contributed by atoms with van der Waals surface area (Å²) in [6.07, 6.45) is 0.580. The van der Waals surface area contributed by atoms with Gasteiger partial charge in [-0.2, -0.15) is 5.21 Å². The Balaban J connectivity index is 2.13. The number of benzene rings is 1. The molecular weight excluding hydrogens is 221 g/mol. The smallest absolute Gasteiger partial charge is 0.281 e. The van der Waals surface area contributed by atoms with Crippen LogP contribution in [-0.2, 0) is 6.42 Å². The second kappa shape index (κ2) is 4.88. The number of carbonyl (C=O) groups is 1. The molecule has 2 N–H and O–H groups in total. The van der Waals surface area contributed by atoms with E-state index in [-0.39, 0.29) is 4.77 Å². The number of aromatic amines is 1. The highest BCUT2D eigenvalue weighted by Crippen LogP contribution is 2.12. The highest BCUT2D eigenvalue weighted by atomic mass is 27.0. The van der Waals surface area contributed by atoms with Gasteiger partial charge in [0.25, 0.3) is 16.3 Å². The number of carbonyl (C=O) groups excluding carboxylic acids is 1. The summed E-state index contributed by atoms with van der Waals surface area (Å²) in [4.78, 5) is 10.9. The Morgan fingerprint density at radius 2 is 2.38 bits per heavy atom. The molecule has 0 aliphatic rings. The molecule has 7 heteroatoms. The van der Waals surface area contributed by atoms with E-state index in [0.29, 0.717) is 12.2 Å². The van der Waals surface area contributed by atoms with Crippen molar-refractivity contribution in [1.29, 1.82) is 0 Å². The second-order valence-electron chi connectivity index (χ2n) is 3.19. The summed E-state index contributed by atoms with van der Waals surface area (Å²) in [5, 5.41) is 16.3. The second-order valence-corrected chi connectivity index (χ2v) is 3.72. The van der Waals surface area contributed by atoms with Crippen LogP contribution in [0.15, 0.2) is 24.3 Å². The quantitative estimate of drug-likeness (QED) is 0.750. The third-order valence-electron chi connectivity index (χ3n) is 1.95. The Bertz CT molecular complexity index is 484. The molecule has 0 fully saturated rings. The minimum Gasteiger partial charge on any atom is -0.345 e. The van der Waals surface area contributed by atoms with Gasteiger partial charge in [0.15, 0.2) is 5.82 Å². The van der Waals surface area contributed by atoms with E-state index in [4.69, 9.17) is 0 Å².